The summed E-state index contributed by atoms with van der Waals surface area (Å²) >= 11 is 6.47. The highest BCUT2D eigenvalue weighted by molar-refractivity contribution is 6.30. The SMILES string of the molecule is COc1c(F)cccc1[C@@H]1O[C@@H](CCC(=O)N2CCC(CC(=O)O)CC2)C2=CC=CC(C2)Cc2ccc(Cl)cc21. The number of hydrogen-bond acceptors (Lipinski definition) is 4. The summed E-state index contributed by atoms with van der Waals surface area (Å²) in [6.45, 7) is 1.15. The van der Waals surface area contributed by atoms with Crippen LogP contribution in [0.25, 0.3) is 0 Å². The number of nitrogens with zero attached hydrogens (tertiary/aromatic N) is 1. The van der Waals surface area contributed by atoms with Gasteiger partial charge >= 0.3 is 5.97 Å². The number of para-hydroxylation sites is 1. The summed E-state index contributed by atoms with van der Waals surface area (Å²) in [6, 6.07) is 10.6. The number of halogens is 2. The molecular weight excluding hydrogens is 533 g/mol. The molecule has 0 aromatic heterocycles. The van der Waals surface area contributed by atoms with E-state index in [0.717, 1.165) is 29.5 Å². The molecule has 2 heterocycles. The van der Waals surface area contributed by atoms with E-state index in [0.29, 0.717) is 49.4 Å². The summed E-state index contributed by atoms with van der Waals surface area (Å²) in [5.74, 6) is -0.699. The van der Waals surface area contributed by atoms with E-state index in [1.54, 1.807) is 6.07 Å². The van der Waals surface area contributed by atoms with Crippen LogP contribution in [0, 0.1) is 17.7 Å². The highest BCUT2D eigenvalue weighted by atomic mass is 35.5. The lowest BCUT2D eigenvalue weighted by Crippen LogP contribution is -2.39. The third-order valence-electron chi connectivity index (χ3n) is 8.31. The van der Waals surface area contributed by atoms with Gasteiger partial charge in [0.15, 0.2) is 11.6 Å². The second kappa shape index (κ2) is 12.6. The Hall–Kier alpha value is -3.16. The molecule has 1 aliphatic carbocycles. The molecule has 1 amide bonds. The number of allylic oxidation sites excluding steroid dienone is 3. The average Bonchev–Trinajstić information content (AvgIpc) is 2.97. The summed E-state index contributed by atoms with van der Waals surface area (Å²) in [5, 5.41) is 9.66. The summed E-state index contributed by atoms with van der Waals surface area (Å²) < 4.78 is 27.3. The molecule has 1 saturated heterocycles. The third-order valence-corrected chi connectivity index (χ3v) is 8.55. The van der Waals surface area contributed by atoms with Crippen molar-refractivity contribution < 1.29 is 28.6 Å². The molecule has 6 nitrogen and oxygen atoms in total. The molecule has 1 fully saturated rings. The molecule has 0 radical (unpaired) electrons. The van der Waals surface area contributed by atoms with Crippen molar-refractivity contribution >= 4 is 23.5 Å². The molecule has 0 saturated carbocycles. The number of piperidine rings is 1. The summed E-state index contributed by atoms with van der Waals surface area (Å²) in [7, 11) is 1.45. The maximum Gasteiger partial charge on any atom is 0.303 e. The lowest BCUT2D eigenvalue weighted by molar-refractivity contribution is -0.138. The molecule has 3 aliphatic rings. The highest BCUT2D eigenvalue weighted by Gasteiger charge is 2.33. The lowest BCUT2D eigenvalue weighted by atomic mass is 9.85. The summed E-state index contributed by atoms with van der Waals surface area (Å²) in [4.78, 5) is 26.1. The van der Waals surface area contributed by atoms with E-state index in [-0.39, 0.29) is 36.0 Å². The fraction of sp³-hybridized carbons (Fsp3) is 0.438. The fourth-order valence-corrected chi connectivity index (χ4v) is 6.43. The number of aliphatic carboxylic acids is 1. The van der Waals surface area contributed by atoms with Gasteiger partial charge in [0.2, 0.25) is 5.91 Å². The number of carbonyl (C=O) groups excluding carboxylic acids is 1. The standard InChI is InChI=1S/C32H35ClFNO5/c1-39-32-25(6-3-7-27(32)34)31-26-19-24(33)9-8-22(26)16-21-4-2-5-23(17-21)28(40-31)10-11-29(36)35-14-12-20(13-15-35)18-30(37)38/h2-9,19-21,28,31H,10-18H2,1H3,(H,37,38)/t21?,28-,31-/m0/s1. The van der Waals surface area contributed by atoms with Gasteiger partial charge in [0.05, 0.1) is 13.2 Å². The number of benzene rings is 2. The van der Waals surface area contributed by atoms with Gasteiger partial charge in [-0.2, -0.15) is 0 Å². The number of carboxylic acids is 1. The predicted octanol–water partition coefficient (Wildman–Crippen LogP) is 6.51. The lowest BCUT2D eigenvalue weighted by Gasteiger charge is -2.33. The van der Waals surface area contributed by atoms with Crippen LogP contribution in [0.15, 0.2) is 60.2 Å². The van der Waals surface area contributed by atoms with E-state index in [2.05, 4.69) is 18.2 Å². The van der Waals surface area contributed by atoms with E-state index in [9.17, 15) is 14.0 Å². The Labute approximate surface area is 239 Å². The zero-order chi connectivity index (χ0) is 28.2. The van der Waals surface area contributed by atoms with Gasteiger partial charge in [-0.1, -0.05) is 48.0 Å². The van der Waals surface area contributed by atoms with Crippen molar-refractivity contribution in [2.24, 2.45) is 11.8 Å². The van der Waals surface area contributed by atoms with Crippen LogP contribution in [-0.4, -0.2) is 48.2 Å². The second-order valence-electron chi connectivity index (χ2n) is 11.0. The Morgan fingerprint density at radius 2 is 1.95 bits per heavy atom. The van der Waals surface area contributed by atoms with E-state index in [1.165, 1.54) is 13.2 Å². The van der Waals surface area contributed by atoms with Crippen molar-refractivity contribution in [3.05, 3.63) is 87.7 Å². The minimum absolute atomic E-state index is 0.0454. The zero-order valence-corrected chi connectivity index (χ0v) is 23.4. The molecule has 2 aliphatic heterocycles. The van der Waals surface area contributed by atoms with Crippen LogP contribution in [0.3, 0.4) is 0 Å². The number of carboxylic acid groups (broad SMARTS) is 1. The minimum Gasteiger partial charge on any atom is -0.493 e. The Kier molecular flexibility index (Phi) is 8.91. The van der Waals surface area contributed by atoms with E-state index in [1.807, 2.05) is 29.2 Å². The number of ether oxygens (including phenoxy) is 2. The molecule has 0 spiro atoms. The van der Waals surface area contributed by atoms with Crippen LogP contribution < -0.4 is 4.74 Å². The predicted molar refractivity (Wildman–Crippen MR) is 151 cm³/mol. The fourth-order valence-electron chi connectivity index (χ4n) is 6.25. The molecule has 3 atom stereocenters. The molecule has 5 rings (SSSR count). The minimum atomic E-state index is -0.789. The third kappa shape index (κ3) is 6.42. The molecular formula is C32H35ClFNO5. The quantitative estimate of drug-likeness (QED) is 0.412. The molecule has 40 heavy (non-hydrogen) atoms. The average molecular weight is 568 g/mol. The molecule has 8 heteroatoms. The molecule has 1 unspecified atom stereocenters. The number of likely N-dealkylation sites (tertiary alicyclic amines) is 1. The highest BCUT2D eigenvalue weighted by Crippen LogP contribution is 2.42. The van der Waals surface area contributed by atoms with Crippen LogP contribution in [-0.2, 0) is 20.7 Å². The number of carbonyl (C=O) groups is 2. The van der Waals surface area contributed by atoms with Gasteiger partial charge in [0.25, 0.3) is 0 Å². The number of amides is 1. The van der Waals surface area contributed by atoms with Crippen molar-refractivity contribution in [2.45, 2.75) is 57.2 Å². The first-order valence-electron chi connectivity index (χ1n) is 14.0. The molecule has 1 N–H and O–H groups in total. The number of hydrogen-bond donors (Lipinski definition) is 1. The van der Waals surface area contributed by atoms with Gasteiger partial charge in [0.1, 0.15) is 6.10 Å². The largest absolute Gasteiger partial charge is 0.493 e. The van der Waals surface area contributed by atoms with Gasteiger partial charge in [-0.3, -0.25) is 9.59 Å². The van der Waals surface area contributed by atoms with Gasteiger partial charge < -0.3 is 19.5 Å². The zero-order valence-electron chi connectivity index (χ0n) is 22.7. The second-order valence-corrected chi connectivity index (χ2v) is 11.4. The molecule has 212 valence electrons. The number of methoxy groups -OCH3 is 1. The number of fused-ring (bicyclic) bond motifs is 3. The first-order valence-corrected chi connectivity index (χ1v) is 14.3. The topological polar surface area (TPSA) is 76.1 Å². The first kappa shape index (κ1) is 28.4. The van der Waals surface area contributed by atoms with E-state index in [4.69, 9.17) is 26.2 Å². The van der Waals surface area contributed by atoms with Gasteiger partial charge in [-0.05, 0) is 78.8 Å². The number of rotatable bonds is 7. The Morgan fingerprint density at radius 1 is 1.15 bits per heavy atom. The van der Waals surface area contributed by atoms with Crippen LogP contribution in [0.1, 0.15) is 61.3 Å². The maximum atomic E-state index is 14.9. The summed E-state index contributed by atoms with van der Waals surface area (Å²) in [5.41, 5.74) is 3.64. The smallest absolute Gasteiger partial charge is 0.303 e. The monoisotopic (exact) mass is 567 g/mol. The van der Waals surface area contributed by atoms with Crippen molar-refractivity contribution in [3.63, 3.8) is 0 Å². The Balaban J connectivity index is 1.42. The van der Waals surface area contributed by atoms with Crippen molar-refractivity contribution in [1.82, 2.24) is 4.90 Å². The van der Waals surface area contributed by atoms with Crippen LogP contribution in [0.2, 0.25) is 5.02 Å². The van der Waals surface area contributed by atoms with Crippen LogP contribution in [0.4, 0.5) is 4.39 Å². The Morgan fingerprint density at radius 3 is 2.70 bits per heavy atom. The molecule has 2 aromatic carbocycles. The van der Waals surface area contributed by atoms with Gasteiger partial charge in [0, 0.05) is 36.5 Å². The van der Waals surface area contributed by atoms with Gasteiger partial charge in [-0.25, -0.2) is 4.39 Å². The van der Waals surface area contributed by atoms with Crippen LogP contribution >= 0.6 is 11.6 Å². The van der Waals surface area contributed by atoms with Gasteiger partial charge in [-0.15, -0.1) is 0 Å². The Bertz CT molecular complexity index is 1320. The maximum absolute atomic E-state index is 14.9. The van der Waals surface area contributed by atoms with Crippen molar-refractivity contribution in [3.8, 4) is 5.75 Å². The van der Waals surface area contributed by atoms with Crippen LogP contribution in [0.5, 0.6) is 5.75 Å². The van der Waals surface area contributed by atoms with E-state index < -0.39 is 17.9 Å². The van der Waals surface area contributed by atoms with E-state index >= 15 is 0 Å². The molecule has 2 bridgehead atoms. The first-order chi connectivity index (χ1) is 19.3. The van der Waals surface area contributed by atoms with Crippen molar-refractivity contribution in [2.75, 3.05) is 20.2 Å². The molecule has 2 aromatic rings. The van der Waals surface area contributed by atoms with Crippen molar-refractivity contribution in [1.29, 1.82) is 0 Å². The normalized spacial score (nSPS) is 22.9. The summed E-state index contributed by atoms with van der Waals surface area (Å²) in [6.07, 6.45) is 9.25.